The lowest BCUT2D eigenvalue weighted by molar-refractivity contribution is 0.258. The molecule has 0 radical (unpaired) electrons. The van der Waals surface area contributed by atoms with E-state index in [-0.39, 0.29) is 0 Å². The fourth-order valence-corrected chi connectivity index (χ4v) is 1.83. The number of aliphatic hydroxyl groups is 1. The molecule has 0 aliphatic rings. The lowest BCUT2D eigenvalue weighted by Gasteiger charge is -2.17. The van der Waals surface area contributed by atoms with E-state index < -0.39 is 0 Å². The summed E-state index contributed by atoms with van der Waals surface area (Å²) in [5.41, 5.74) is 0. The van der Waals surface area contributed by atoms with Crippen LogP contribution in [0.15, 0.2) is 0 Å². The van der Waals surface area contributed by atoms with E-state index in [1.165, 1.54) is 25.7 Å². The molecule has 1 nitrogen and oxygen atoms in total. The Balaban J connectivity index is 3.54. The summed E-state index contributed by atoms with van der Waals surface area (Å²) in [7, 11) is 0. The molecule has 0 aromatic carbocycles. The van der Waals surface area contributed by atoms with Gasteiger partial charge in [0.05, 0.1) is 0 Å². The third-order valence-electron chi connectivity index (χ3n) is 2.27. The van der Waals surface area contributed by atoms with Gasteiger partial charge in [-0.25, -0.2) is 0 Å². The first kappa shape index (κ1) is 12.0. The molecule has 0 aliphatic carbocycles. The van der Waals surface area contributed by atoms with Crippen LogP contribution in [-0.2, 0) is 0 Å². The molecular formula is C11H24O. The van der Waals surface area contributed by atoms with Crippen LogP contribution in [0.3, 0.4) is 0 Å². The first-order chi connectivity index (χ1) is 5.70. The summed E-state index contributed by atoms with van der Waals surface area (Å²) in [4.78, 5) is 0. The monoisotopic (exact) mass is 172 g/mol. The Morgan fingerprint density at radius 1 is 1.17 bits per heavy atom. The van der Waals surface area contributed by atoms with Crippen molar-refractivity contribution in [2.45, 2.75) is 52.9 Å². The Labute approximate surface area is 77.2 Å². The summed E-state index contributed by atoms with van der Waals surface area (Å²) in [5.74, 6) is 1.65. The predicted octanol–water partition coefficient (Wildman–Crippen LogP) is 3.22. The molecule has 0 amide bonds. The lowest BCUT2D eigenvalue weighted by Crippen LogP contribution is -2.05. The number of hydrogen-bond donors (Lipinski definition) is 1. The maximum Gasteiger partial charge on any atom is 0.0431 e. The van der Waals surface area contributed by atoms with Gasteiger partial charge in [-0.2, -0.15) is 0 Å². The highest BCUT2D eigenvalue weighted by Gasteiger charge is 2.08. The summed E-state index contributed by atoms with van der Waals surface area (Å²) in [5, 5.41) is 8.72. The van der Waals surface area contributed by atoms with Crippen molar-refractivity contribution in [3.05, 3.63) is 0 Å². The topological polar surface area (TPSA) is 20.2 Å². The van der Waals surface area contributed by atoms with E-state index in [9.17, 15) is 0 Å². The van der Waals surface area contributed by atoms with Crippen molar-refractivity contribution < 1.29 is 5.11 Å². The van der Waals surface area contributed by atoms with E-state index >= 15 is 0 Å². The van der Waals surface area contributed by atoms with Gasteiger partial charge in [-0.05, 0) is 31.1 Å². The summed E-state index contributed by atoms with van der Waals surface area (Å²) in [6.45, 7) is 7.16. The predicted molar refractivity (Wildman–Crippen MR) is 54.2 cm³/mol. The van der Waals surface area contributed by atoms with E-state index in [1.54, 1.807) is 0 Å². The summed E-state index contributed by atoms with van der Waals surface area (Å²) in [6.07, 6.45) is 6.13. The van der Waals surface area contributed by atoms with Gasteiger partial charge < -0.3 is 5.11 Å². The molecule has 0 unspecified atom stereocenters. The van der Waals surface area contributed by atoms with E-state index in [1.807, 2.05) is 0 Å². The van der Waals surface area contributed by atoms with Crippen molar-refractivity contribution >= 4 is 0 Å². The zero-order chi connectivity index (χ0) is 9.40. The fraction of sp³-hybridized carbons (Fsp3) is 1.00. The van der Waals surface area contributed by atoms with E-state index in [4.69, 9.17) is 5.11 Å². The first-order valence-electron chi connectivity index (χ1n) is 5.31. The first-order valence-corrected chi connectivity index (χ1v) is 5.31. The molecule has 0 aliphatic heterocycles. The van der Waals surface area contributed by atoms with Gasteiger partial charge in [-0.15, -0.1) is 0 Å². The third kappa shape index (κ3) is 6.66. The quantitative estimate of drug-likeness (QED) is 0.625. The van der Waals surface area contributed by atoms with Crippen molar-refractivity contribution in [1.29, 1.82) is 0 Å². The molecule has 0 bridgehead atoms. The van der Waals surface area contributed by atoms with E-state index in [2.05, 4.69) is 20.8 Å². The van der Waals surface area contributed by atoms with Gasteiger partial charge in [0.2, 0.25) is 0 Å². The van der Waals surface area contributed by atoms with Gasteiger partial charge in [-0.1, -0.05) is 33.6 Å². The van der Waals surface area contributed by atoms with Crippen LogP contribution in [0.5, 0.6) is 0 Å². The molecular weight excluding hydrogens is 148 g/mol. The molecule has 0 saturated carbocycles. The van der Waals surface area contributed by atoms with Crippen LogP contribution in [0.25, 0.3) is 0 Å². The minimum absolute atomic E-state index is 0.359. The Hall–Kier alpha value is -0.0400. The molecule has 1 N–H and O–H groups in total. The zero-order valence-corrected chi connectivity index (χ0v) is 8.84. The van der Waals surface area contributed by atoms with Crippen LogP contribution in [0.1, 0.15) is 52.9 Å². The molecule has 74 valence electrons. The van der Waals surface area contributed by atoms with Crippen LogP contribution in [-0.4, -0.2) is 11.7 Å². The summed E-state index contributed by atoms with van der Waals surface area (Å²) >= 11 is 0. The summed E-state index contributed by atoms with van der Waals surface area (Å²) < 4.78 is 0. The van der Waals surface area contributed by atoms with Gasteiger partial charge in [0, 0.05) is 6.61 Å². The largest absolute Gasteiger partial charge is 0.396 e. The Morgan fingerprint density at radius 3 is 2.25 bits per heavy atom. The molecule has 0 aromatic heterocycles. The molecule has 0 rings (SSSR count). The van der Waals surface area contributed by atoms with Crippen molar-refractivity contribution in [3.63, 3.8) is 0 Å². The van der Waals surface area contributed by atoms with E-state index in [0.717, 1.165) is 18.3 Å². The number of aliphatic hydroxyl groups excluding tert-OH is 1. The maximum atomic E-state index is 8.72. The second-order valence-corrected chi connectivity index (χ2v) is 4.15. The molecule has 0 saturated heterocycles. The number of hydrogen-bond acceptors (Lipinski definition) is 1. The molecule has 1 heteroatoms. The van der Waals surface area contributed by atoms with Crippen LogP contribution >= 0.6 is 0 Å². The molecule has 0 fully saturated rings. The minimum atomic E-state index is 0.359. The van der Waals surface area contributed by atoms with Gasteiger partial charge in [0.15, 0.2) is 0 Å². The Morgan fingerprint density at radius 2 is 1.83 bits per heavy atom. The standard InChI is InChI=1S/C11H24O/c1-4-6-11(7-5-8-12)9-10(2)3/h10-12H,4-9H2,1-3H3/t11-/m1/s1. The van der Waals surface area contributed by atoms with E-state index in [0.29, 0.717) is 6.61 Å². The highest BCUT2D eigenvalue weighted by atomic mass is 16.2. The van der Waals surface area contributed by atoms with Gasteiger partial charge >= 0.3 is 0 Å². The molecule has 0 aromatic rings. The SMILES string of the molecule is CCC[C@H](CCCO)CC(C)C. The molecule has 1 atom stereocenters. The highest BCUT2D eigenvalue weighted by Crippen LogP contribution is 2.21. The smallest absolute Gasteiger partial charge is 0.0431 e. The van der Waals surface area contributed by atoms with Crippen LogP contribution in [0, 0.1) is 11.8 Å². The second kappa shape index (κ2) is 7.60. The molecule has 0 heterocycles. The molecule has 12 heavy (non-hydrogen) atoms. The van der Waals surface area contributed by atoms with Crippen molar-refractivity contribution in [2.24, 2.45) is 11.8 Å². The second-order valence-electron chi connectivity index (χ2n) is 4.15. The fourth-order valence-electron chi connectivity index (χ4n) is 1.83. The minimum Gasteiger partial charge on any atom is -0.396 e. The highest BCUT2D eigenvalue weighted by molar-refractivity contribution is 4.61. The normalized spacial score (nSPS) is 13.8. The number of rotatable bonds is 7. The van der Waals surface area contributed by atoms with Crippen LogP contribution < -0.4 is 0 Å². The molecule has 0 spiro atoms. The third-order valence-corrected chi connectivity index (χ3v) is 2.27. The van der Waals surface area contributed by atoms with Crippen molar-refractivity contribution in [2.75, 3.05) is 6.61 Å². The van der Waals surface area contributed by atoms with Crippen molar-refractivity contribution in [3.8, 4) is 0 Å². The Kier molecular flexibility index (Phi) is 7.58. The average molecular weight is 172 g/mol. The lowest BCUT2D eigenvalue weighted by atomic mass is 9.89. The van der Waals surface area contributed by atoms with Gasteiger partial charge in [0.1, 0.15) is 0 Å². The maximum absolute atomic E-state index is 8.72. The van der Waals surface area contributed by atoms with Crippen LogP contribution in [0.4, 0.5) is 0 Å². The average Bonchev–Trinajstić information content (AvgIpc) is 2.00. The van der Waals surface area contributed by atoms with Gasteiger partial charge in [0.25, 0.3) is 0 Å². The summed E-state index contributed by atoms with van der Waals surface area (Å²) in [6, 6.07) is 0. The Bertz CT molecular complexity index is 89.0. The van der Waals surface area contributed by atoms with Crippen LogP contribution in [0.2, 0.25) is 0 Å². The van der Waals surface area contributed by atoms with Gasteiger partial charge in [-0.3, -0.25) is 0 Å². The van der Waals surface area contributed by atoms with Crippen molar-refractivity contribution in [1.82, 2.24) is 0 Å². The zero-order valence-electron chi connectivity index (χ0n) is 8.84.